The van der Waals surface area contributed by atoms with E-state index in [1.807, 2.05) is 0 Å². The van der Waals surface area contributed by atoms with E-state index in [-0.39, 0.29) is 15.5 Å². The van der Waals surface area contributed by atoms with Gasteiger partial charge in [-0.05, 0) is 18.2 Å². The lowest BCUT2D eigenvalue weighted by molar-refractivity contribution is 0.102. The van der Waals surface area contributed by atoms with Crippen molar-refractivity contribution in [3.63, 3.8) is 0 Å². The van der Waals surface area contributed by atoms with Gasteiger partial charge in [-0.25, -0.2) is 12.7 Å². The van der Waals surface area contributed by atoms with E-state index in [1.54, 1.807) is 24.0 Å². The molecule has 0 bridgehead atoms. The van der Waals surface area contributed by atoms with Crippen LogP contribution >= 0.6 is 11.6 Å². The molecule has 7 nitrogen and oxygen atoms in total. The number of amides is 1. The lowest BCUT2D eigenvalue weighted by Crippen LogP contribution is -2.23. The third-order valence-electron chi connectivity index (χ3n) is 2.91. The van der Waals surface area contributed by atoms with Gasteiger partial charge in [-0.3, -0.25) is 9.48 Å². The molecule has 9 heteroatoms. The maximum absolute atomic E-state index is 12.2. The van der Waals surface area contributed by atoms with Crippen molar-refractivity contribution in [1.82, 2.24) is 14.1 Å². The van der Waals surface area contributed by atoms with Crippen molar-refractivity contribution in [2.75, 3.05) is 19.4 Å². The molecule has 1 N–H and O–H groups in total. The first kappa shape index (κ1) is 16.5. The Morgan fingerprint density at radius 3 is 2.55 bits per heavy atom. The maximum atomic E-state index is 12.2. The molecule has 0 atom stereocenters. The van der Waals surface area contributed by atoms with Gasteiger partial charge < -0.3 is 5.32 Å². The molecule has 0 aliphatic heterocycles. The van der Waals surface area contributed by atoms with Gasteiger partial charge in [-0.15, -0.1) is 0 Å². The number of carbonyl (C=O) groups is 1. The molecule has 22 heavy (non-hydrogen) atoms. The Morgan fingerprint density at radius 1 is 1.32 bits per heavy atom. The molecule has 0 fully saturated rings. The Labute approximate surface area is 133 Å². The number of hydrogen-bond acceptors (Lipinski definition) is 4. The number of nitrogens with one attached hydrogen (secondary N) is 1. The van der Waals surface area contributed by atoms with E-state index in [4.69, 9.17) is 11.6 Å². The van der Waals surface area contributed by atoms with E-state index >= 15 is 0 Å². The lowest BCUT2D eigenvalue weighted by atomic mass is 10.2. The van der Waals surface area contributed by atoms with E-state index < -0.39 is 15.9 Å². The van der Waals surface area contributed by atoms with Gasteiger partial charge in [-0.2, -0.15) is 5.10 Å². The fourth-order valence-corrected chi connectivity index (χ4v) is 3.10. The highest BCUT2D eigenvalue weighted by atomic mass is 35.5. The molecule has 1 amide bonds. The number of hydrogen-bond donors (Lipinski definition) is 1. The zero-order chi connectivity index (χ0) is 16.5. The molecule has 0 unspecified atom stereocenters. The fraction of sp³-hybridized carbons (Fsp3) is 0.231. The lowest BCUT2D eigenvalue weighted by Gasteiger charge is -2.13. The smallest absolute Gasteiger partial charge is 0.256 e. The van der Waals surface area contributed by atoms with Crippen LogP contribution in [-0.2, 0) is 17.1 Å². The van der Waals surface area contributed by atoms with Gasteiger partial charge in [0.2, 0.25) is 10.0 Å². The van der Waals surface area contributed by atoms with Crippen LogP contribution in [0.2, 0.25) is 5.02 Å². The normalized spacial score (nSPS) is 11.7. The zero-order valence-electron chi connectivity index (χ0n) is 12.2. The number of carbonyl (C=O) groups excluding carboxylic acids is 1. The van der Waals surface area contributed by atoms with Crippen molar-refractivity contribution in [1.29, 1.82) is 0 Å². The van der Waals surface area contributed by atoms with Gasteiger partial charge >= 0.3 is 0 Å². The summed E-state index contributed by atoms with van der Waals surface area (Å²) in [4.78, 5) is 12.1. The van der Waals surface area contributed by atoms with Crippen molar-refractivity contribution in [2.24, 2.45) is 7.05 Å². The van der Waals surface area contributed by atoms with Crippen LogP contribution < -0.4 is 5.32 Å². The fourth-order valence-electron chi connectivity index (χ4n) is 1.71. The molecule has 2 rings (SSSR count). The average Bonchev–Trinajstić information content (AvgIpc) is 2.84. The van der Waals surface area contributed by atoms with Gasteiger partial charge in [0.25, 0.3) is 5.91 Å². The minimum absolute atomic E-state index is 0.0584. The largest absolute Gasteiger partial charge is 0.305 e. The van der Waals surface area contributed by atoms with E-state index in [2.05, 4.69) is 10.4 Å². The molecule has 118 valence electrons. The van der Waals surface area contributed by atoms with Gasteiger partial charge in [-0.1, -0.05) is 11.6 Å². The van der Waals surface area contributed by atoms with Crippen LogP contribution in [0.1, 0.15) is 10.4 Å². The molecular formula is C13H15ClN4O3S. The minimum Gasteiger partial charge on any atom is -0.305 e. The third kappa shape index (κ3) is 3.29. The standard InChI is InChI=1S/C13H15ClN4O3S/c1-17(2)22(20,21)11-8-9(4-5-10(11)14)13(19)15-12-6-7-18(3)16-12/h4-8H,1-3H3,(H,15,16,19). The van der Waals surface area contributed by atoms with Gasteiger partial charge in [0.15, 0.2) is 5.82 Å². The first-order valence-electron chi connectivity index (χ1n) is 6.25. The van der Waals surface area contributed by atoms with Gasteiger partial charge in [0.05, 0.1) is 5.02 Å². The van der Waals surface area contributed by atoms with E-state index in [0.29, 0.717) is 5.82 Å². The van der Waals surface area contributed by atoms with E-state index in [1.165, 1.54) is 32.3 Å². The molecule has 0 radical (unpaired) electrons. The third-order valence-corrected chi connectivity index (χ3v) is 5.20. The second kappa shape index (κ2) is 6.07. The molecule has 1 aromatic carbocycles. The Hall–Kier alpha value is -1.90. The summed E-state index contributed by atoms with van der Waals surface area (Å²) in [6, 6.07) is 5.71. The number of aromatic nitrogens is 2. The second-order valence-electron chi connectivity index (χ2n) is 4.76. The highest BCUT2D eigenvalue weighted by Gasteiger charge is 2.22. The van der Waals surface area contributed by atoms with Crippen molar-refractivity contribution < 1.29 is 13.2 Å². The number of nitrogens with zero attached hydrogens (tertiary/aromatic N) is 3. The summed E-state index contributed by atoms with van der Waals surface area (Å²) in [6.45, 7) is 0. The summed E-state index contributed by atoms with van der Waals surface area (Å²) in [5.74, 6) is -0.0926. The maximum Gasteiger partial charge on any atom is 0.256 e. The summed E-state index contributed by atoms with van der Waals surface area (Å²) in [7, 11) is 0.782. The number of aryl methyl sites for hydroxylation is 1. The monoisotopic (exact) mass is 342 g/mol. The molecule has 0 aliphatic rings. The summed E-state index contributed by atoms with van der Waals surface area (Å²) >= 11 is 5.94. The molecular weight excluding hydrogens is 328 g/mol. The topological polar surface area (TPSA) is 84.3 Å². The number of halogens is 1. The van der Waals surface area contributed by atoms with E-state index in [0.717, 1.165) is 4.31 Å². The van der Waals surface area contributed by atoms with Crippen molar-refractivity contribution in [3.8, 4) is 0 Å². The Kier molecular flexibility index (Phi) is 4.55. The van der Waals surface area contributed by atoms with Gasteiger partial charge in [0, 0.05) is 39.0 Å². The summed E-state index contributed by atoms with van der Waals surface area (Å²) in [5.41, 5.74) is 0.176. The first-order chi connectivity index (χ1) is 10.2. The predicted octanol–water partition coefficient (Wildman–Crippen LogP) is 1.58. The predicted molar refractivity (Wildman–Crippen MR) is 83.5 cm³/mol. The summed E-state index contributed by atoms with van der Waals surface area (Å²) in [5, 5.41) is 6.67. The van der Waals surface area contributed by atoms with E-state index in [9.17, 15) is 13.2 Å². The molecule has 2 aromatic rings. The Balaban J connectivity index is 2.35. The SMILES string of the molecule is CN(C)S(=O)(=O)c1cc(C(=O)Nc2ccn(C)n2)ccc1Cl. The Morgan fingerprint density at radius 2 is 2.00 bits per heavy atom. The van der Waals surface area contributed by atoms with Crippen LogP contribution in [-0.4, -0.2) is 42.5 Å². The average molecular weight is 343 g/mol. The van der Waals surface area contributed by atoms with Gasteiger partial charge in [0.1, 0.15) is 4.90 Å². The van der Waals surface area contributed by atoms with Crippen LogP contribution in [0.3, 0.4) is 0 Å². The summed E-state index contributed by atoms with van der Waals surface area (Å²) in [6.07, 6.45) is 1.68. The highest BCUT2D eigenvalue weighted by Crippen LogP contribution is 2.25. The molecule has 0 saturated carbocycles. The van der Waals surface area contributed by atoms with Crippen molar-refractivity contribution in [2.45, 2.75) is 4.90 Å². The molecule has 1 aromatic heterocycles. The molecule has 1 heterocycles. The summed E-state index contributed by atoms with van der Waals surface area (Å²) < 4.78 is 26.9. The van der Waals surface area contributed by atoms with Crippen molar-refractivity contribution in [3.05, 3.63) is 41.0 Å². The Bertz CT molecular complexity index is 814. The van der Waals surface area contributed by atoms with Crippen LogP contribution in [0.25, 0.3) is 0 Å². The van der Waals surface area contributed by atoms with Crippen LogP contribution in [0.15, 0.2) is 35.4 Å². The number of anilines is 1. The number of benzene rings is 1. The number of rotatable bonds is 4. The first-order valence-corrected chi connectivity index (χ1v) is 8.06. The zero-order valence-corrected chi connectivity index (χ0v) is 13.8. The van der Waals surface area contributed by atoms with Crippen LogP contribution in [0, 0.1) is 0 Å². The highest BCUT2D eigenvalue weighted by molar-refractivity contribution is 7.89. The quantitative estimate of drug-likeness (QED) is 0.914. The van der Waals surface area contributed by atoms with Crippen LogP contribution in [0.5, 0.6) is 0 Å². The van der Waals surface area contributed by atoms with Crippen molar-refractivity contribution >= 4 is 33.3 Å². The number of sulfonamides is 1. The van der Waals surface area contributed by atoms with Crippen LogP contribution in [0.4, 0.5) is 5.82 Å². The minimum atomic E-state index is -3.73. The molecule has 0 aliphatic carbocycles. The molecule has 0 spiro atoms. The molecule has 0 saturated heterocycles. The second-order valence-corrected chi connectivity index (χ2v) is 7.29.